The first-order valence-electron chi connectivity index (χ1n) is 43.7. The Labute approximate surface area is 755 Å². The van der Waals surface area contributed by atoms with Gasteiger partial charge in [0, 0.05) is 177 Å². The number of pyridine rings is 4. The van der Waals surface area contributed by atoms with Crippen LogP contribution in [0, 0.1) is 0 Å². The fourth-order valence-electron chi connectivity index (χ4n) is 21.2. The van der Waals surface area contributed by atoms with E-state index in [1.54, 1.807) is 0 Å². The normalized spacial score (nSPS) is 12.6. The number of fused-ring (bicyclic) bond motifs is 30. The number of aromatic nitrogens is 7. The molecular formula is C116H68N10OS3. The van der Waals surface area contributed by atoms with Crippen LogP contribution in [0.15, 0.2) is 418 Å². The van der Waals surface area contributed by atoms with Gasteiger partial charge in [-0.15, -0.1) is 34.0 Å². The van der Waals surface area contributed by atoms with E-state index in [1.165, 1.54) is 154 Å². The van der Waals surface area contributed by atoms with Gasteiger partial charge in [-0.3, -0.25) is 19.9 Å². The first-order valence-corrected chi connectivity index (χ1v) is 46.1. The minimum absolute atomic E-state index is 0.905. The van der Waals surface area contributed by atoms with Crippen LogP contribution in [0.2, 0.25) is 0 Å². The van der Waals surface area contributed by atoms with Crippen molar-refractivity contribution in [3.63, 3.8) is 0 Å². The molecule has 11 aromatic heterocycles. The highest BCUT2D eigenvalue weighted by molar-refractivity contribution is 7.27. The van der Waals surface area contributed by atoms with Crippen molar-refractivity contribution < 1.29 is 4.42 Å². The van der Waals surface area contributed by atoms with Crippen LogP contribution in [-0.2, 0) is 0 Å². The summed E-state index contributed by atoms with van der Waals surface area (Å²) in [6, 6.07) is 132. The quantitative estimate of drug-likeness (QED) is 0.156. The summed E-state index contributed by atoms with van der Waals surface area (Å²) in [5, 5.41) is 17.9. The fourth-order valence-corrected chi connectivity index (χ4v) is 24.8. The Morgan fingerprint density at radius 1 is 0.200 bits per heavy atom. The molecule has 606 valence electrons. The third-order valence-corrected chi connectivity index (χ3v) is 30.1. The number of hydrogen-bond donors (Lipinski definition) is 0. The maximum atomic E-state index is 6.34. The highest BCUT2D eigenvalue weighted by atomic mass is 32.1. The van der Waals surface area contributed by atoms with Gasteiger partial charge in [0.15, 0.2) is 0 Å². The van der Waals surface area contributed by atoms with E-state index >= 15 is 0 Å². The van der Waals surface area contributed by atoms with Crippen molar-refractivity contribution in [1.29, 1.82) is 0 Å². The van der Waals surface area contributed by atoms with Gasteiger partial charge in [0.1, 0.15) is 11.2 Å². The third kappa shape index (κ3) is 10.7. The average molecular weight is 1710 g/mol. The lowest BCUT2D eigenvalue weighted by atomic mass is 9.98. The van der Waals surface area contributed by atoms with Crippen molar-refractivity contribution in [3.05, 3.63) is 414 Å². The summed E-state index contributed by atoms with van der Waals surface area (Å²) in [6.07, 6.45) is 15.0. The lowest BCUT2D eigenvalue weighted by Gasteiger charge is -2.33. The number of rotatable bonds is 7. The molecule has 16 aromatic carbocycles. The molecule has 3 aliphatic heterocycles. The largest absolute Gasteiger partial charge is 0.456 e. The van der Waals surface area contributed by atoms with E-state index in [0.29, 0.717) is 0 Å². The van der Waals surface area contributed by atoms with Gasteiger partial charge in [0.05, 0.1) is 99.4 Å². The van der Waals surface area contributed by atoms with Crippen molar-refractivity contribution in [1.82, 2.24) is 33.6 Å². The second-order valence-corrected chi connectivity index (χ2v) is 36.7. The molecule has 11 nitrogen and oxygen atoms in total. The zero-order valence-corrected chi connectivity index (χ0v) is 71.8. The number of benzene rings is 16. The van der Waals surface area contributed by atoms with Gasteiger partial charge in [0.2, 0.25) is 0 Å². The first kappa shape index (κ1) is 72.7. The molecule has 0 saturated carbocycles. The van der Waals surface area contributed by atoms with Gasteiger partial charge >= 0.3 is 0 Å². The van der Waals surface area contributed by atoms with Gasteiger partial charge in [-0.1, -0.05) is 194 Å². The zero-order valence-electron chi connectivity index (χ0n) is 69.4. The monoisotopic (exact) mass is 1710 g/mol. The third-order valence-electron chi connectivity index (χ3n) is 26.6. The summed E-state index contributed by atoms with van der Waals surface area (Å²) in [7, 11) is 0. The van der Waals surface area contributed by atoms with Crippen molar-refractivity contribution in [2.24, 2.45) is 0 Å². The lowest BCUT2D eigenvalue weighted by Crippen LogP contribution is -2.18. The molecule has 3 aliphatic rings. The summed E-state index contributed by atoms with van der Waals surface area (Å²) < 4.78 is 21.8. The van der Waals surface area contributed by atoms with Gasteiger partial charge < -0.3 is 32.8 Å². The van der Waals surface area contributed by atoms with E-state index in [0.717, 1.165) is 106 Å². The van der Waals surface area contributed by atoms with E-state index in [2.05, 4.69) is 382 Å². The summed E-state index contributed by atoms with van der Waals surface area (Å²) >= 11 is 5.67. The van der Waals surface area contributed by atoms with Crippen molar-refractivity contribution in [3.8, 4) is 61.6 Å². The molecule has 0 spiro atoms. The number of nitrogens with zero attached hydrogens (tertiary/aromatic N) is 10. The predicted octanol–water partition coefficient (Wildman–Crippen LogP) is 33.0. The molecular weight excluding hydrogens is 1650 g/mol. The smallest absolute Gasteiger partial charge is 0.136 e. The SMILES string of the molecule is c1ccc2c(c1)N(c1cccc3c1sc1ccccc13)c1cccc3c4ccc5c6ccccc6sc5c4n-2c13.c1cncc(-c2cc(-c3cccnc3)cc(N3c4ccccc4-n4c5ccc6oc7ccccc7c6c5c5cccc3c54)c2)c1.c1cncc(-c2cc(-c3cccnc3)cc(N3c4ccccc4-n4c5ccc6sc7ccccc7c6c5c5cccc3c54)c2)c1. The summed E-state index contributed by atoms with van der Waals surface area (Å²) in [5.41, 5.74) is 31.9. The molecule has 0 bridgehead atoms. The van der Waals surface area contributed by atoms with E-state index in [4.69, 9.17) is 4.42 Å². The van der Waals surface area contributed by atoms with E-state index < -0.39 is 0 Å². The van der Waals surface area contributed by atoms with Crippen LogP contribution in [0.5, 0.6) is 0 Å². The van der Waals surface area contributed by atoms with E-state index in [9.17, 15) is 0 Å². The molecule has 0 saturated heterocycles. The van der Waals surface area contributed by atoms with Crippen LogP contribution >= 0.6 is 34.0 Å². The molecule has 0 radical (unpaired) electrons. The van der Waals surface area contributed by atoms with E-state index in [1.807, 2.05) is 114 Å². The Morgan fingerprint density at radius 2 is 0.577 bits per heavy atom. The average Bonchev–Trinajstić information content (AvgIpc) is 1.54. The van der Waals surface area contributed by atoms with Gasteiger partial charge in [-0.25, -0.2) is 0 Å². The standard InChI is InChI=1S/C40H24N4O.C40H24N4S.C36H20N2S2/c2*1-4-15-36-30(10-1)39-37(45-36)17-16-34-38(39)31-11-5-14-35-40(31)44(34)33-13-3-2-12-32(33)43(35)29-21-27(25-8-6-18-41-23-25)20-28(22-29)26-9-7-19-42-24-26;1-5-17-31-21(9-1)25-12-8-16-30(35(25)39-31)37-27-13-3-4-14-28(27)38-33-23(11-7-15-29(33)37)24-19-20-26-22-10-2-6-18-32(22)40-36(26)34(24)38/h2*1-24H;1-20H. The fraction of sp³-hybridized carbons (Fsp3) is 0. The lowest BCUT2D eigenvalue weighted by molar-refractivity contribution is 0.669. The Morgan fingerprint density at radius 3 is 1.11 bits per heavy atom. The second kappa shape index (κ2) is 28.4. The van der Waals surface area contributed by atoms with Crippen LogP contribution in [0.1, 0.15) is 0 Å². The molecule has 0 N–H and O–H groups in total. The minimum atomic E-state index is 0.905. The maximum Gasteiger partial charge on any atom is 0.136 e. The predicted molar refractivity (Wildman–Crippen MR) is 546 cm³/mol. The molecule has 27 aromatic rings. The number of furan rings is 1. The second-order valence-electron chi connectivity index (χ2n) is 33.6. The van der Waals surface area contributed by atoms with Crippen LogP contribution in [0.4, 0.5) is 51.2 Å². The van der Waals surface area contributed by atoms with Crippen molar-refractivity contribution in [2.45, 2.75) is 0 Å². The summed E-state index contributed by atoms with van der Waals surface area (Å²) in [6.45, 7) is 0. The molecule has 0 fully saturated rings. The molecule has 30 rings (SSSR count). The number of para-hydroxylation sites is 10. The Balaban J connectivity index is 0.0000000983. The molecule has 0 aliphatic carbocycles. The Bertz CT molecular complexity index is 8950. The van der Waals surface area contributed by atoms with Crippen LogP contribution < -0.4 is 14.7 Å². The Kier molecular flexibility index (Phi) is 15.9. The highest BCUT2D eigenvalue weighted by Crippen LogP contribution is 2.59. The van der Waals surface area contributed by atoms with Crippen LogP contribution in [-0.4, -0.2) is 33.6 Å². The minimum Gasteiger partial charge on any atom is -0.456 e. The molecule has 0 atom stereocenters. The molecule has 130 heavy (non-hydrogen) atoms. The molecule has 14 heterocycles. The van der Waals surface area contributed by atoms with Crippen LogP contribution in [0.3, 0.4) is 0 Å². The topological polar surface area (TPSA) is 89.2 Å². The van der Waals surface area contributed by atoms with Crippen LogP contribution in [0.25, 0.3) is 209 Å². The molecule has 14 heteroatoms. The van der Waals surface area contributed by atoms with Gasteiger partial charge in [-0.2, -0.15) is 0 Å². The highest BCUT2D eigenvalue weighted by Gasteiger charge is 2.36. The zero-order chi connectivity index (χ0) is 84.9. The number of anilines is 9. The first-order chi connectivity index (χ1) is 64.5. The summed E-state index contributed by atoms with van der Waals surface area (Å²) in [4.78, 5) is 25.1. The van der Waals surface area contributed by atoms with Gasteiger partial charge in [0.25, 0.3) is 0 Å². The van der Waals surface area contributed by atoms with Crippen molar-refractivity contribution in [2.75, 3.05) is 14.7 Å². The maximum absolute atomic E-state index is 6.34. The van der Waals surface area contributed by atoms with Gasteiger partial charge in [-0.05, 0) is 192 Å². The molecule has 0 amide bonds. The van der Waals surface area contributed by atoms with E-state index in [-0.39, 0.29) is 0 Å². The van der Waals surface area contributed by atoms with Crippen molar-refractivity contribution >= 4 is 233 Å². The number of thiophene rings is 3. The summed E-state index contributed by atoms with van der Waals surface area (Å²) in [5.74, 6) is 0. The molecule has 0 unspecified atom stereocenters. The number of hydrogen-bond acceptors (Lipinski definition) is 11. The Hall–Kier alpha value is -16.6.